The van der Waals surface area contributed by atoms with E-state index in [2.05, 4.69) is 16.4 Å². The molecular weight excluding hydrogens is 298 g/mol. The Bertz CT molecular complexity index is 652. The molecule has 0 aliphatic rings. The highest BCUT2D eigenvalue weighted by molar-refractivity contribution is 7.15. The lowest BCUT2D eigenvalue weighted by atomic mass is 10.1. The van der Waals surface area contributed by atoms with E-state index >= 15 is 0 Å². The van der Waals surface area contributed by atoms with Crippen LogP contribution >= 0.6 is 22.9 Å². The average molecular weight is 310 g/mol. The van der Waals surface area contributed by atoms with Crippen LogP contribution in [0.15, 0.2) is 18.3 Å². The van der Waals surface area contributed by atoms with Crippen LogP contribution in [0.25, 0.3) is 0 Å². The number of rotatable bonds is 5. The van der Waals surface area contributed by atoms with Crippen molar-refractivity contribution in [1.29, 1.82) is 5.26 Å². The number of hydrogen-bond acceptors (Lipinski definition) is 6. The van der Waals surface area contributed by atoms with E-state index in [9.17, 15) is 5.26 Å². The Labute approximate surface area is 125 Å². The maximum absolute atomic E-state index is 9.19. The maximum Gasteiger partial charge on any atom is 0.183 e. The Hall–Kier alpha value is -1.97. The molecule has 2 aromatic rings. The lowest BCUT2D eigenvalue weighted by molar-refractivity contribution is 0.355. The number of aromatic nitrogens is 1. The van der Waals surface area contributed by atoms with Crippen LogP contribution in [-0.2, 0) is 6.54 Å². The van der Waals surface area contributed by atoms with E-state index in [0.29, 0.717) is 33.8 Å². The summed E-state index contributed by atoms with van der Waals surface area (Å²) in [4.78, 5) is 4.95. The number of thiazole rings is 1. The van der Waals surface area contributed by atoms with Crippen molar-refractivity contribution in [3.63, 3.8) is 0 Å². The van der Waals surface area contributed by atoms with Crippen molar-refractivity contribution in [1.82, 2.24) is 4.98 Å². The van der Waals surface area contributed by atoms with Crippen molar-refractivity contribution in [3.05, 3.63) is 33.2 Å². The molecule has 0 atom stereocenters. The third-order valence-electron chi connectivity index (χ3n) is 2.62. The molecule has 20 heavy (non-hydrogen) atoms. The molecule has 7 heteroatoms. The summed E-state index contributed by atoms with van der Waals surface area (Å²) in [6, 6.07) is 5.50. The van der Waals surface area contributed by atoms with Crippen LogP contribution < -0.4 is 14.8 Å². The van der Waals surface area contributed by atoms with Gasteiger partial charge in [-0.25, -0.2) is 4.98 Å². The number of methoxy groups -OCH3 is 2. The smallest absolute Gasteiger partial charge is 0.183 e. The molecule has 2 rings (SSSR count). The van der Waals surface area contributed by atoms with E-state index < -0.39 is 0 Å². The van der Waals surface area contributed by atoms with Crippen LogP contribution in [0.1, 0.15) is 10.4 Å². The van der Waals surface area contributed by atoms with Gasteiger partial charge in [-0.15, -0.1) is 11.3 Å². The van der Waals surface area contributed by atoms with Crippen LogP contribution in [0.4, 0.5) is 5.69 Å². The van der Waals surface area contributed by atoms with Crippen LogP contribution in [0.5, 0.6) is 11.5 Å². The minimum absolute atomic E-state index is 0.485. The van der Waals surface area contributed by atoms with E-state index in [1.807, 2.05) is 0 Å². The minimum Gasteiger partial charge on any atom is -0.493 e. The second-order valence-electron chi connectivity index (χ2n) is 3.80. The van der Waals surface area contributed by atoms with Gasteiger partial charge in [0.05, 0.1) is 32.0 Å². The molecule has 0 amide bonds. The Morgan fingerprint density at radius 3 is 2.60 bits per heavy atom. The van der Waals surface area contributed by atoms with E-state index in [1.165, 1.54) is 18.4 Å². The van der Waals surface area contributed by atoms with Gasteiger partial charge in [0.25, 0.3) is 0 Å². The maximum atomic E-state index is 9.19. The lowest BCUT2D eigenvalue weighted by Crippen LogP contribution is -2.01. The fraction of sp³-hybridized carbons (Fsp3) is 0.231. The molecule has 1 heterocycles. The number of nitrogens with zero attached hydrogens (tertiary/aromatic N) is 2. The van der Waals surface area contributed by atoms with Gasteiger partial charge in [0, 0.05) is 23.2 Å². The molecular formula is C13H12ClN3O2S. The van der Waals surface area contributed by atoms with E-state index in [-0.39, 0.29) is 0 Å². The second kappa shape index (κ2) is 6.46. The molecule has 0 aliphatic carbocycles. The predicted octanol–water partition coefficient (Wildman–Crippen LogP) is 3.30. The number of hydrogen-bond donors (Lipinski definition) is 1. The quantitative estimate of drug-likeness (QED) is 0.918. The first-order valence-electron chi connectivity index (χ1n) is 5.68. The van der Waals surface area contributed by atoms with Crippen LogP contribution in [0.2, 0.25) is 4.47 Å². The first-order valence-corrected chi connectivity index (χ1v) is 6.87. The SMILES string of the molecule is COc1cc(C#N)c(NCc2cnc(Cl)s2)cc1OC. The first-order chi connectivity index (χ1) is 9.67. The Morgan fingerprint density at radius 1 is 1.35 bits per heavy atom. The standard InChI is InChI=1S/C13H12ClN3O2S/c1-18-11-3-8(5-15)10(4-12(11)19-2)16-6-9-7-17-13(14)20-9/h3-4,7,16H,6H2,1-2H3. The van der Waals surface area contributed by atoms with E-state index in [1.54, 1.807) is 25.4 Å². The fourth-order valence-corrected chi connectivity index (χ4v) is 2.58. The summed E-state index contributed by atoms with van der Waals surface area (Å²) in [7, 11) is 3.09. The summed E-state index contributed by atoms with van der Waals surface area (Å²) in [5, 5.41) is 12.4. The van der Waals surface area contributed by atoms with Gasteiger partial charge in [-0.2, -0.15) is 5.26 Å². The Kier molecular flexibility index (Phi) is 4.66. The number of anilines is 1. The molecule has 0 saturated carbocycles. The lowest BCUT2D eigenvalue weighted by Gasteiger charge is -2.12. The van der Waals surface area contributed by atoms with Crippen molar-refractivity contribution in [2.24, 2.45) is 0 Å². The van der Waals surface area contributed by atoms with Gasteiger partial charge in [-0.05, 0) is 0 Å². The summed E-state index contributed by atoms with van der Waals surface area (Å²) in [6.45, 7) is 0.536. The molecule has 0 radical (unpaired) electrons. The van der Waals surface area contributed by atoms with Gasteiger partial charge in [0.15, 0.2) is 16.0 Å². The molecule has 0 bridgehead atoms. The van der Waals surface area contributed by atoms with Crippen molar-refractivity contribution in [2.75, 3.05) is 19.5 Å². The molecule has 0 aliphatic heterocycles. The topological polar surface area (TPSA) is 67.2 Å². The zero-order valence-corrected chi connectivity index (χ0v) is 12.5. The summed E-state index contributed by atoms with van der Waals surface area (Å²) >= 11 is 7.17. The number of benzene rings is 1. The van der Waals surface area contributed by atoms with E-state index in [4.69, 9.17) is 21.1 Å². The zero-order valence-electron chi connectivity index (χ0n) is 10.9. The minimum atomic E-state index is 0.485. The molecule has 0 spiro atoms. The third-order valence-corrected chi connectivity index (χ3v) is 3.74. The molecule has 1 N–H and O–H groups in total. The van der Waals surface area contributed by atoms with Gasteiger partial charge >= 0.3 is 0 Å². The molecule has 0 unspecified atom stereocenters. The van der Waals surface area contributed by atoms with Crippen molar-refractivity contribution in [2.45, 2.75) is 6.54 Å². The average Bonchev–Trinajstić information content (AvgIpc) is 2.89. The third kappa shape index (κ3) is 3.13. The molecule has 1 aromatic carbocycles. The van der Waals surface area contributed by atoms with Gasteiger partial charge in [-0.3, -0.25) is 0 Å². The number of nitriles is 1. The van der Waals surface area contributed by atoms with Crippen LogP contribution in [0, 0.1) is 11.3 Å². The molecule has 0 fully saturated rings. The fourth-order valence-electron chi connectivity index (χ4n) is 1.67. The Balaban J connectivity index is 2.24. The highest BCUT2D eigenvalue weighted by atomic mass is 35.5. The summed E-state index contributed by atoms with van der Waals surface area (Å²) in [5.41, 5.74) is 1.16. The number of halogens is 1. The molecule has 1 aromatic heterocycles. The highest BCUT2D eigenvalue weighted by Gasteiger charge is 2.11. The second-order valence-corrected chi connectivity index (χ2v) is 5.49. The Morgan fingerprint density at radius 2 is 2.05 bits per heavy atom. The summed E-state index contributed by atoms with van der Waals surface area (Å²) in [6.07, 6.45) is 1.70. The number of nitrogens with one attached hydrogen (secondary N) is 1. The van der Waals surface area contributed by atoms with Crippen LogP contribution in [-0.4, -0.2) is 19.2 Å². The number of ether oxygens (including phenoxy) is 2. The van der Waals surface area contributed by atoms with Crippen molar-refractivity contribution in [3.8, 4) is 17.6 Å². The van der Waals surface area contributed by atoms with Crippen molar-refractivity contribution >= 4 is 28.6 Å². The van der Waals surface area contributed by atoms with Crippen molar-refractivity contribution < 1.29 is 9.47 Å². The van der Waals surface area contributed by atoms with E-state index in [0.717, 1.165) is 4.88 Å². The monoisotopic (exact) mass is 309 g/mol. The largest absolute Gasteiger partial charge is 0.493 e. The molecule has 104 valence electrons. The first kappa shape index (κ1) is 14.4. The van der Waals surface area contributed by atoms with Gasteiger partial charge in [-0.1, -0.05) is 11.6 Å². The predicted molar refractivity (Wildman–Crippen MR) is 78.7 cm³/mol. The van der Waals surface area contributed by atoms with Gasteiger partial charge in [0.2, 0.25) is 0 Å². The summed E-state index contributed by atoms with van der Waals surface area (Å²) in [5.74, 6) is 1.09. The zero-order chi connectivity index (χ0) is 14.5. The van der Waals surface area contributed by atoms with Gasteiger partial charge in [0.1, 0.15) is 6.07 Å². The molecule has 5 nitrogen and oxygen atoms in total. The van der Waals surface area contributed by atoms with Gasteiger partial charge < -0.3 is 14.8 Å². The molecule has 0 saturated heterocycles. The highest BCUT2D eigenvalue weighted by Crippen LogP contribution is 2.33. The van der Waals surface area contributed by atoms with Crippen LogP contribution in [0.3, 0.4) is 0 Å². The normalized spacial score (nSPS) is 9.90. The summed E-state index contributed by atoms with van der Waals surface area (Å²) < 4.78 is 10.9.